The van der Waals surface area contributed by atoms with Crippen LogP contribution in [0.1, 0.15) is 50.8 Å². The minimum Gasteiger partial charge on any atom is -0.508 e. The standard InChI is InChI=1S/C22H32ClNO4/c1-5-17(9-11-18(25)6-2)22(28-24)20-14-16(8-12-21(20)23)7-10-19(26)13-15(3)27-4/h5-6,8-9,11-12,14-15,19,22,25-26H,7,10,13,24H2,1-4H3/b11-9-,17-5+,18-6+/t15-,19-,22?/m1/s1. The first-order chi connectivity index (χ1) is 13.4. The molecule has 0 saturated heterocycles. The van der Waals surface area contributed by atoms with Crippen LogP contribution in [0, 0.1) is 0 Å². The lowest BCUT2D eigenvalue weighted by molar-refractivity contribution is 0.0530. The smallest absolute Gasteiger partial charge is 0.130 e. The summed E-state index contributed by atoms with van der Waals surface area (Å²) in [4.78, 5) is 5.21. The Morgan fingerprint density at radius 3 is 2.54 bits per heavy atom. The molecule has 0 saturated carbocycles. The van der Waals surface area contributed by atoms with E-state index in [9.17, 15) is 10.2 Å². The molecule has 1 aromatic carbocycles. The minimum absolute atomic E-state index is 0.0171. The van der Waals surface area contributed by atoms with E-state index in [4.69, 9.17) is 27.1 Å². The normalized spacial score (nSPS) is 16.4. The number of ether oxygens (including phenoxy) is 1. The van der Waals surface area contributed by atoms with E-state index in [-0.39, 0.29) is 11.9 Å². The summed E-state index contributed by atoms with van der Waals surface area (Å²) in [5.74, 6) is 5.71. The zero-order valence-electron chi connectivity index (χ0n) is 17.1. The largest absolute Gasteiger partial charge is 0.508 e. The molecular weight excluding hydrogens is 378 g/mol. The monoisotopic (exact) mass is 409 g/mol. The van der Waals surface area contributed by atoms with Crippen LogP contribution in [-0.4, -0.2) is 29.5 Å². The first kappa shape index (κ1) is 24.4. The molecule has 0 bridgehead atoms. The van der Waals surface area contributed by atoms with Gasteiger partial charge in [0.1, 0.15) is 11.9 Å². The van der Waals surface area contributed by atoms with Gasteiger partial charge in [0, 0.05) is 17.7 Å². The van der Waals surface area contributed by atoms with E-state index in [1.165, 1.54) is 0 Å². The fourth-order valence-corrected chi connectivity index (χ4v) is 3.04. The van der Waals surface area contributed by atoms with Gasteiger partial charge in [0.25, 0.3) is 0 Å². The molecule has 5 nitrogen and oxygen atoms in total. The van der Waals surface area contributed by atoms with Crippen molar-refractivity contribution in [2.75, 3.05) is 7.11 Å². The number of halogens is 1. The summed E-state index contributed by atoms with van der Waals surface area (Å²) in [6, 6.07) is 5.69. The van der Waals surface area contributed by atoms with Crippen LogP contribution in [0.25, 0.3) is 0 Å². The van der Waals surface area contributed by atoms with Gasteiger partial charge in [0.15, 0.2) is 0 Å². The predicted octanol–water partition coefficient (Wildman–Crippen LogP) is 4.95. The highest BCUT2D eigenvalue weighted by molar-refractivity contribution is 6.31. The number of nitrogens with two attached hydrogens (primary N) is 1. The van der Waals surface area contributed by atoms with Crippen LogP contribution in [0.15, 0.2) is 53.8 Å². The Bertz CT molecular complexity index is 700. The van der Waals surface area contributed by atoms with Crippen molar-refractivity contribution < 1.29 is 19.8 Å². The van der Waals surface area contributed by atoms with Crippen molar-refractivity contribution in [2.24, 2.45) is 5.90 Å². The quantitative estimate of drug-likeness (QED) is 0.273. The Morgan fingerprint density at radius 2 is 1.96 bits per heavy atom. The van der Waals surface area contributed by atoms with Crippen LogP contribution in [0.4, 0.5) is 0 Å². The van der Waals surface area contributed by atoms with Gasteiger partial charge in [0.05, 0.1) is 12.2 Å². The average molecular weight is 410 g/mol. The SMILES string of the molecule is C\C=C(O)/C=C\C(=C/C)C(ON)c1cc(CC[C@@H](O)C[C@@H](C)OC)ccc1Cl. The summed E-state index contributed by atoms with van der Waals surface area (Å²) in [7, 11) is 1.64. The number of aliphatic hydroxyl groups is 2. The van der Waals surface area contributed by atoms with Gasteiger partial charge < -0.3 is 14.9 Å². The van der Waals surface area contributed by atoms with Crippen molar-refractivity contribution in [3.8, 4) is 0 Å². The molecule has 28 heavy (non-hydrogen) atoms. The minimum atomic E-state index is -0.572. The van der Waals surface area contributed by atoms with Gasteiger partial charge >= 0.3 is 0 Å². The van der Waals surface area contributed by atoms with Gasteiger partial charge in [-0.2, -0.15) is 0 Å². The van der Waals surface area contributed by atoms with Crippen LogP contribution in [0.5, 0.6) is 0 Å². The lowest BCUT2D eigenvalue weighted by Gasteiger charge is -2.19. The van der Waals surface area contributed by atoms with Crippen molar-refractivity contribution in [3.63, 3.8) is 0 Å². The van der Waals surface area contributed by atoms with Crippen molar-refractivity contribution >= 4 is 11.6 Å². The van der Waals surface area contributed by atoms with Gasteiger partial charge in [0.2, 0.25) is 0 Å². The number of hydrogen-bond donors (Lipinski definition) is 3. The lowest BCUT2D eigenvalue weighted by Crippen LogP contribution is -2.17. The molecule has 156 valence electrons. The Morgan fingerprint density at radius 1 is 1.25 bits per heavy atom. The molecule has 0 aliphatic carbocycles. The topological polar surface area (TPSA) is 84.9 Å². The number of aryl methyl sites for hydroxylation is 1. The third kappa shape index (κ3) is 7.78. The fraction of sp³-hybridized carbons (Fsp3) is 0.455. The summed E-state index contributed by atoms with van der Waals surface area (Å²) < 4.78 is 5.20. The average Bonchev–Trinajstić information content (AvgIpc) is 2.70. The maximum atomic E-state index is 10.2. The number of rotatable bonds is 11. The summed E-state index contributed by atoms with van der Waals surface area (Å²) in [6.45, 7) is 5.54. The Balaban J connectivity index is 2.99. The second-order valence-corrected chi connectivity index (χ2v) is 7.09. The molecule has 0 fully saturated rings. The molecule has 0 radical (unpaired) electrons. The molecule has 1 aromatic rings. The van der Waals surface area contributed by atoms with Crippen LogP contribution in [0.2, 0.25) is 5.02 Å². The van der Waals surface area contributed by atoms with Gasteiger partial charge in [-0.1, -0.05) is 35.9 Å². The van der Waals surface area contributed by atoms with E-state index in [0.717, 1.165) is 16.7 Å². The van der Waals surface area contributed by atoms with Crippen molar-refractivity contribution in [1.82, 2.24) is 0 Å². The summed E-state index contributed by atoms with van der Waals surface area (Å²) in [5.41, 5.74) is 2.53. The number of aliphatic hydroxyl groups excluding tert-OH is 2. The van der Waals surface area contributed by atoms with Crippen molar-refractivity contribution in [1.29, 1.82) is 0 Å². The highest BCUT2D eigenvalue weighted by Gasteiger charge is 2.19. The van der Waals surface area contributed by atoms with E-state index in [1.54, 1.807) is 32.3 Å². The number of allylic oxidation sites excluding steroid dienone is 3. The molecule has 0 amide bonds. The maximum Gasteiger partial charge on any atom is 0.130 e. The second-order valence-electron chi connectivity index (χ2n) is 6.68. The predicted molar refractivity (Wildman–Crippen MR) is 114 cm³/mol. The van der Waals surface area contributed by atoms with E-state index >= 15 is 0 Å². The molecular formula is C22H32ClNO4. The van der Waals surface area contributed by atoms with E-state index < -0.39 is 12.2 Å². The first-order valence-corrected chi connectivity index (χ1v) is 9.78. The van der Waals surface area contributed by atoms with E-state index in [2.05, 4.69) is 0 Å². The van der Waals surface area contributed by atoms with Crippen LogP contribution in [0.3, 0.4) is 0 Å². The van der Waals surface area contributed by atoms with Crippen LogP contribution in [-0.2, 0) is 16.0 Å². The maximum absolute atomic E-state index is 10.2. The molecule has 1 unspecified atom stereocenters. The molecule has 6 heteroatoms. The Labute approximate surface area is 173 Å². The molecule has 4 N–H and O–H groups in total. The Kier molecular flexibility index (Phi) is 11.1. The highest BCUT2D eigenvalue weighted by Crippen LogP contribution is 2.32. The molecule has 0 aliphatic heterocycles. The number of methoxy groups -OCH3 is 1. The first-order valence-electron chi connectivity index (χ1n) is 9.40. The van der Waals surface area contributed by atoms with Gasteiger partial charge in [-0.25, -0.2) is 5.90 Å². The molecule has 0 spiro atoms. The number of hydrogen-bond acceptors (Lipinski definition) is 5. The van der Waals surface area contributed by atoms with Gasteiger partial charge in [-0.05, 0) is 69.4 Å². The Hall–Kier alpha value is -1.63. The molecule has 1 rings (SSSR count). The van der Waals surface area contributed by atoms with Crippen LogP contribution < -0.4 is 5.90 Å². The lowest BCUT2D eigenvalue weighted by atomic mass is 9.96. The third-order valence-electron chi connectivity index (χ3n) is 4.63. The summed E-state index contributed by atoms with van der Waals surface area (Å²) in [5, 5.41) is 20.3. The molecule has 0 heterocycles. The summed E-state index contributed by atoms with van der Waals surface area (Å²) in [6.07, 6.45) is 7.68. The van der Waals surface area contributed by atoms with Crippen molar-refractivity contribution in [3.05, 3.63) is 70.0 Å². The summed E-state index contributed by atoms with van der Waals surface area (Å²) >= 11 is 6.40. The zero-order valence-corrected chi connectivity index (χ0v) is 17.8. The zero-order chi connectivity index (χ0) is 21.1. The van der Waals surface area contributed by atoms with E-state index in [0.29, 0.717) is 24.3 Å². The van der Waals surface area contributed by atoms with Crippen molar-refractivity contribution in [2.45, 2.75) is 58.3 Å². The highest BCUT2D eigenvalue weighted by atomic mass is 35.5. The fourth-order valence-electron chi connectivity index (χ4n) is 2.82. The van der Waals surface area contributed by atoms with Crippen LogP contribution >= 0.6 is 11.6 Å². The van der Waals surface area contributed by atoms with Gasteiger partial charge in [-0.15, -0.1) is 0 Å². The molecule has 0 aliphatic rings. The molecule has 0 aromatic heterocycles. The number of benzene rings is 1. The third-order valence-corrected chi connectivity index (χ3v) is 4.97. The second kappa shape index (κ2) is 12.8. The molecule has 3 atom stereocenters. The van der Waals surface area contributed by atoms with E-state index in [1.807, 2.05) is 38.1 Å². The van der Waals surface area contributed by atoms with Gasteiger partial charge in [-0.3, -0.25) is 4.84 Å².